The number of piperidine rings is 1. The molecule has 2 aliphatic heterocycles. The van der Waals surface area contributed by atoms with E-state index in [9.17, 15) is 24.0 Å². The van der Waals surface area contributed by atoms with E-state index in [1.54, 1.807) is 6.92 Å². The van der Waals surface area contributed by atoms with Gasteiger partial charge in [0.15, 0.2) is 0 Å². The molecule has 174 valence electrons. The van der Waals surface area contributed by atoms with Gasteiger partial charge in [-0.1, -0.05) is 58.0 Å². The van der Waals surface area contributed by atoms with Gasteiger partial charge in [-0.2, -0.15) is 0 Å². The standard InChI is InChI=1S/C13H15NO2.C11H18N2O3/c1-2-13(10-6-4-3-5-7-10)9-8-11(15)14-12(13)16;1-4-11(6-5-7(2)3)8(14)12-10(16)13-9(11)15/h3-7H,2,8-9H2,1H3,(H,14,15,16);7H,4-6H2,1-3H3,(H2,12,13,14,15,16). The number of barbiturate groups is 1. The van der Waals surface area contributed by atoms with Gasteiger partial charge in [0.25, 0.3) is 0 Å². The van der Waals surface area contributed by atoms with Crippen LogP contribution in [0.5, 0.6) is 0 Å². The van der Waals surface area contributed by atoms with E-state index in [0.29, 0.717) is 31.6 Å². The number of carbonyl (C=O) groups excluding carboxylic acids is 5. The molecule has 0 radical (unpaired) electrons. The van der Waals surface area contributed by atoms with Crippen LogP contribution in [0.15, 0.2) is 30.3 Å². The van der Waals surface area contributed by atoms with Crippen molar-refractivity contribution in [3.63, 3.8) is 0 Å². The number of hydrogen-bond acceptors (Lipinski definition) is 5. The Kier molecular flexibility index (Phi) is 8.30. The fourth-order valence-corrected chi connectivity index (χ4v) is 4.16. The van der Waals surface area contributed by atoms with Crippen molar-refractivity contribution in [1.82, 2.24) is 16.0 Å². The first-order chi connectivity index (χ1) is 15.1. The fraction of sp³-hybridized carbons (Fsp3) is 0.542. The maximum Gasteiger partial charge on any atom is 0.328 e. The van der Waals surface area contributed by atoms with E-state index in [1.807, 2.05) is 51.1 Å². The van der Waals surface area contributed by atoms with Gasteiger partial charge in [-0.05, 0) is 43.6 Å². The summed E-state index contributed by atoms with van der Waals surface area (Å²) in [5, 5.41) is 6.77. The largest absolute Gasteiger partial charge is 0.328 e. The summed E-state index contributed by atoms with van der Waals surface area (Å²) in [5.41, 5.74) is -0.588. The second kappa shape index (κ2) is 10.5. The Balaban J connectivity index is 0.000000227. The minimum atomic E-state index is -1.07. The molecule has 2 heterocycles. The first-order valence-electron chi connectivity index (χ1n) is 11.2. The second-order valence-electron chi connectivity index (χ2n) is 8.78. The molecule has 1 aromatic rings. The zero-order chi connectivity index (χ0) is 23.9. The highest BCUT2D eigenvalue weighted by atomic mass is 16.2. The van der Waals surface area contributed by atoms with Gasteiger partial charge in [0.2, 0.25) is 23.6 Å². The van der Waals surface area contributed by atoms with Crippen LogP contribution in [0.1, 0.15) is 71.8 Å². The van der Waals surface area contributed by atoms with Crippen molar-refractivity contribution < 1.29 is 24.0 Å². The van der Waals surface area contributed by atoms with Crippen molar-refractivity contribution in [2.75, 3.05) is 0 Å². The average Bonchev–Trinajstić information content (AvgIpc) is 2.75. The van der Waals surface area contributed by atoms with Gasteiger partial charge in [-0.25, -0.2) is 4.79 Å². The van der Waals surface area contributed by atoms with E-state index in [0.717, 1.165) is 18.4 Å². The molecular formula is C24H33N3O5. The van der Waals surface area contributed by atoms with E-state index in [-0.39, 0.29) is 11.8 Å². The van der Waals surface area contributed by atoms with Crippen molar-refractivity contribution in [3.8, 4) is 0 Å². The molecule has 2 aliphatic rings. The SMILES string of the molecule is CCC1(CCC(C)C)C(=O)NC(=O)NC1=O.CCC1(c2ccccc2)CCC(=O)NC1=O. The van der Waals surface area contributed by atoms with Crippen LogP contribution in [0, 0.1) is 11.3 Å². The lowest BCUT2D eigenvalue weighted by Gasteiger charge is -2.34. The molecule has 0 bridgehead atoms. The summed E-state index contributed by atoms with van der Waals surface area (Å²) in [5.74, 6) is -0.835. The third kappa shape index (κ3) is 5.23. The predicted molar refractivity (Wildman–Crippen MR) is 119 cm³/mol. The maximum atomic E-state index is 12.0. The zero-order valence-electron chi connectivity index (χ0n) is 19.2. The second-order valence-corrected chi connectivity index (χ2v) is 8.78. The molecule has 6 amide bonds. The molecule has 0 saturated carbocycles. The monoisotopic (exact) mass is 443 g/mol. The van der Waals surface area contributed by atoms with Gasteiger partial charge < -0.3 is 0 Å². The highest BCUT2D eigenvalue weighted by Crippen LogP contribution is 2.35. The van der Waals surface area contributed by atoms with Gasteiger partial charge in [-0.15, -0.1) is 0 Å². The van der Waals surface area contributed by atoms with E-state index >= 15 is 0 Å². The van der Waals surface area contributed by atoms with E-state index in [1.165, 1.54) is 0 Å². The summed E-state index contributed by atoms with van der Waals surface area (Å²) in [6.45, 7) is 7.85. The predicted octanol–water partition coefficient (Wildman–Crippen LogP) is 2.96. The third-order valence-corrected chi connectivity index (χ3v) is 6.47. The van der Waals surface area contributed by atoms with Gasteiger partial charge in [0, 0.05) is 6.42 Å². The van der Waals surface area contributed by atoms with Gasteiger partial charge in [0.1, 0.15) is 5.41 Å². The van der Waals surface area contributed by atoms with Gasteiger partial charge in [0.05, 0.1) is 5.41 Å². The Morgan fingerprint density at radius 1 is 0.844 bits per heavy atom. The number of hydrogen-bond donors (Lipinski definition) is 3. The molecule has 1 atom stereocenters. The first-order valence-corrected chi connectivity index (χ1v) is 11.2. The summed E-state index contributed by atoms with van der Waals surface area (Å²) in [4.78, 5) is 57.7. The number of benzene rings is 1. The molecule has 3 N–H and O–H groups in total. The van der Waals surface area contributed by atoms with Crippen molar-refractivity contribution in [2.45, 2.75) is 71.6 Å². The molecule has 1 aromatic carbocycles. The van der Waals surface area contributed by atoms with Gasteiger partial charge >= 0.3 is 6.03 Å². The summed E-state index contributed by atoms with van der Waals surface area (Å²) >= 11 is 0. The molecule has 3 rings (SSSR count). The quantitative estimate of drug-likeness (QED) is 0.461. The molecule has 2 fully saturated rings. The van der Waals surface area contributed by atoms with Crippen LogP contribution in [0.4, 0.5) is 4.79 Å². The first kappa shape index (κ1) is 25.2. The maximum absolute atomic E-state index is 12.0. The lowest BCUT2D eigenvalue weighted by atomic mass is 9.72. The Bertz CT molecular complexity index is 861. The molecule has 1 unspecified atom stereocenters. The van der Waals surface area contributed by atoms with Crippen LogP contribution < -0.4 is 16.0 Å². The van der Waals surface area contributed by atoms with Crippen LogP contribution >= 0.6 is 0 Å². The summed E-state index contributed by atoms with van der Waals surface area (Å²) in [6, 6.07) is 8.98. The van der Waals surface area contributed by atoms with Crippen LogP contribution in [0.2, 0.25) is 0 Å². The van der Waals surface area contributed by atoms with E-state index < -0.39 is 28.7 Å². The van der Waals surface area contributed by atoms with Crippen LogP contribution in [-0.2, 0) is 24.6 Å². The van der Waals surface area contributed by atoms with Crippen molar-refractivity contribution >= 4 is 29.7 Å². The Morgan fingerprint density at radius 2 is 1.44 bits per heavy atom. The van der Waals surface area contributed by atoms with Crippen molar-refractivity contribution in [2.24, 2.45) is 11.3 Å². The molecule has 2 saturated heterocycles. The van der Waals surface area contributed by atoms with E-state index in [4.69, 9.17) is 0 Å². The molecule has 8 nitrogen and oxygen atoms in total. The molecule has 0 aliphatic carbocycles. The lowest BCUT2D eigenvalue weighted by molar-refractivity contribution is -0.145. The molecular weight excluding hydrogens is 410 g/mol. The smallest absolute Gasteiger partial charge is 0.296 e. The molecule has 32 heavy (non-hydrogen) atoms. The summed E-state index contributed by atoms with van der Waals surface area (Å²) in [7, 11) is 0. The molecule has 0 spiro atoms. The number of amides is 6. The number of nitrogens with one attached hydrogen (secondary N) is 3. The molecule has 8 heteroatoms. The van der Waals surface area contributed by atoms with Crippen LogP contribution in [0.3, 0.4) is 0 Å². The minimum Gasteiger partial charge on any atom is -0.296 e. The number of rotatable bonds is 6. The highest BCUT2D eigenvalue weighted by molar-refractivity contribution is 6.19. The van der Waals surface area contributed by atoms with Gasteiger partial charge in [-0.3, -0.25) is 35.1 Å². The number of imide groups is 3. The number of carbonyl (C=O) groups is 5. The Morgan fingerprint density at radius 3 is 1.91 bits per heavy atom. The minimum absolute atomic E-state index is 0.155. The Labute approximate surface area is 188 Å². The van der Waals surface area contributed by atoms with Crippen LogP contribution in [-0.4, -0.2) is 29.7 Å². The average molecular weight is 444 g/mol. The van der Waals surface area contributed by atoms with E-state index in [2.05, 4.69) is 16.0 Å². The van der Waals surface area contributed by atoms with Crippen molar-refractivity contribution in [1.29, 1.82) is 0 Å². The highest BCUT2D eigenvalue weighted by Gasteiger charge is 2.48. The normalized spacial score (nSPS) is 22.5. The zero-order valence-corrected chi connectivity index (χ0v) is 19.2. The Hall–Kier alpha value is -3.03. The summed E-state index contributed by atoms with van der Waals surface area (Å²) in [6.07, 6.45) is 3.42. The molecule has 0 aromatic heterocycles. The summed E-state index contributed by atoms with van der Waals surface area (Å²) < 4.78 is 0. The third-order valence-electron chi connectivity index (χ3n) is 6.47. The fourth-order valence-electron chi connectivity index (χ4n) is 4.16. The van der Waals surface area contributed by atoms with Crippen LogP contribution in [0.25, 0.3) is 0 Å². The van der Waals surface area contributed by atoms with Crippen molar-refractivity contribution in [3.05, 3.63) is 35.9 Å². The number of urea groups is 1. The lowest BCUT2D eigenvalue weighted by Crippen LogP contribution is -2.62. The topological polar surface area (TPSA) is 121 Å².